The molecule has 0 aliphatic heterocycles. The van der Waals surface area contributed by atoms with E-state index < -0.39 is 5.82 Å². The van der Waals surface area contributed by atoms with E-state index in [1.54, 1.807) is 13.2 Å². The van der Waals surface area contributed by atoms with E-state index in [4.69, 9.17) is 0 Å². The Hall–Kier alpha value is -2.24. The predicted octanol–water partition coefficient (Wildman–Crippen LogP) is 2.08. The Morgan fingerprint density at radius 1 is 1.32 bits per heavy atom. The van der Waals surface area contributed by atoms with Crippen molar-refractivity contribution in [2.45, 2.75) is 13.5 Å². The SMILES string of the molecule is CCN(Cc1ccccn1)c1nc(NC)ncc1F. The molecule has 0 radical (unpaired) electrons. The van der Waals surface area contributed by atoms with E-state index in [-0.39, 0.29) is 5.82 Å². The molecule has 0 unspecified atom stereocenters. The number of pyridine rings is 1. The van der Waals surface area contributed by atoms with Crippen molar-refractivity contribution in [2.24, 2.45) is 0 Å². The molecule has 5 nitrogen and oxygen atoms in total. The van der Waals surface area contributed by atoms with Crippen LogP contribution in [0, 0.1) is 5.82 Å². The maximum absolute atomic E-state index is 13.8. The average molecular weight is 261 g/mol. The van der Waals surface area contributed by atoms with Crippen LogP contribution in [0.2, 0.25) is 0 Å². The van der Waals surface area contributed by atoms with E-state index in [2.05, 4.69) is 20.3 Å². The molecule has 6 heteroatoms. The fraction of sp³-hybridized carbons (Fsp3) is 0.308. The van der Waals surface area contributed by atoms with Crippen molar-refractivity contribution >= 4 is 11.8 Å². The van der Waals surface area contributed by atoms with E-state index in [1.165, 1.54) is 6.20 Å². The Morgan fingerprint density at radius 3 is 2.79 bits per heavy atom. The average Bonchev–Trinajstić information content (AvgIpc) is 2.47. The molecule has 0 spiro atoms. The van der Waals surface area contributed by atoms with Gasteiger partial charge in [0.05, 0.1) is 18.4 Å². The fourth-order valence-corrected chi connectivity index (χ4v) is 1.72. The van der Waals surface area contributed by atoms with Crippen LogP contribution < -0.4 is 10.2 Å². The largest absolute Gasteiger partial charge is 0.357 e. The molecule has 2 heterocycles. The summed E-state index contributed by atoms with van der Waals surface area (Å²) < 4.78 is 13.8. The minimum atomic E-state index is -0.434. The first-order valence-electron chi connectivity index (χ1n) is 6.09. The number of aromatic nitrogens is 3. The molecule has 0 atom stereocenters. The van der Waals surface area contributed by atoms with Gasteiger partial charge in [-0.15, -0.1) is 0 Å². The quantitative estimate of drug-likeness (QED) is 0.893. The van der Waals surface area contributed by atoms with Crippen LogP contribution in [0.25, 0.3) is 0 Å². The van der Waals surface area contributed by atoms with Gasteiger partial charge in [-0.25, -0.2) is 9.37 Å². The van der Waals surface area contributed by atoms with Crippen molar-refractivity contribution in [3.63, 3.8) is 0 Å². The molecular formula is C13H16FN5. The van der Waals surface area contributed by atoms with Crippen molar-refractivity contribution in [3.8, 4) is 0 Å². The maximum Gasteiger partial charge on any atom is 0.224 e. The van der Waals surface area contributed by atoms with Gasteiger partial charge in [0.25, 0.3) is 0 Å². The second-order valence-corrected chi connectivity index (χ2v) is 3.95. The van der Waals surface area contributed by atoms with Crippen LogP contribution >= 0.6 is 0 Å². The minimum Gasteiger partial charge on any atom is -0.357 e. The monoisotopic (exact) mass is 261 g/mol. The number of rotatable bonds is 5. The summed E-state index contributed by atoms with van der Waals surface area (Å²) >= 11 is 0. The Balaban J connectivity index is 2.26. The molecule has 0 aliphatic carbocycles. The molecule has 0 saturated carbocycles. The number of nitrogens with zero attached hydrogens (tertiary/aromatic N) is 4. The molecular weight excluding hydrogens is 245 g/mol. The molecule has 2 aromatic heterocycles. The number of halogens is 1. The van der Waals surface area contributed by atoms with E-state index >= 15 is 0 Å². The summed E-state index contributed by atoms with van der Waals surface area (Å²) in [7, 11) is 1.70. The highest BCUT2D eigenvalue weighted by Gasteiger charge is 2.14. The number of nitrogens with one attached hydrogen (secondary N) is 1. The van der Waals surface area contributed by atoms with Gasteiger partial charge in [0.2, 0.25) is 5.95 Å². The topological polar surface area (TPSA) is 53.9 Å². The second kappa shape index (κ2) is 6.08. The standard InChI is InChI=1S/C13H16FN5/c1-3-19(9-10-6-4-5-7-16-10)12-11(14)8-17-13(15-2)18-12/h4-8H,3,9H2,1-2H3,(H,15,17,18). The van der Waals surface area contributed by atoms with Gasteiger partial charge in [-0.2, -0.15) is 4.98 Å². The smallest absolute Gasteiger partial charge is 0.224 e. The summed E-state index contributed by atoms with van der Waals surface area (Å²) in [6, 6.07) is 5.66. The Bertz CT molecular complexity index is 532. The van der Waals surface area contributed by atoms with Gasteiger partial charge in [-0.1, -0.05) is 6.07 Å². The fourth-order valence-electron chi connectivity index (χ4n) is 1.72. The summed E-state index contributed by atoms with van der Waals surface area (Å²) in [6.07, 6.45) is 2.90. The third kappa shape index (κ3) is 3.15. The molecule has 1 N–H and O–H groups in total. The number of hydrogen-bond acceptors (Lipinski definition) is 5. The van der Waals surface area contributed by atoms with Crippen LogP contribution in [0.4, 0.5) is 16.2 Å². The zero-order valence-corrected chi connectivity index (χ0v) is 11.0. The molecule has 0 amide bonds. The minimum absolute atomic E-state index is 0.285. The third-order valence-electron chi connectivity index (χ3n) is 2.71. The van der Waals surface area contributed by atoms with Gasteiger partial charge in [0.15, 0.2) is 11.6 Å². The molecule has 19 heavy (non-hydrogen) atoms. The van der Waals surface area contributed by atoms with Crippen LogP contribution in [0.1, 0.15) is 12.6 Å². The Labute approximate surface area is 111 Å². The van der Waals surface area contributed by atoms with E-state index in [1.807, 2.05) is 30.0 Å². The lowest BCUT2D eigenvalue weighted by molar-refractivity contribution is 0.602. The number of anilines is 2. The van der Waals surface area contributed by atoms with Gasteiger partial charge in [0, 0.05) is 19.8 Å². The van der Waals surface area contributed by atoms with Crippen LogP contribution in [0.15, 0.2) is 30.6 Å². The van der Waals surface area contributed by atoms with Gasteiger partial charge >= 0.3 is 0 Å². The first kappa shape index (κ1) is 13.2. The molecule has 0 aromatic carbocycles. The first-order chi connectivity index (χ1) is 9.24. The third-order valence-corrected chi connectivity index (χ3v) is 2.71. The molecule has 2 rings (SSSR count). The summed E-state index contributed by atoms with van der Waals surface area (Å²) in [5, 5.41) is 2.81. The van der Waals surface area contributed by atoms with Crippen LogP contribution in [0.5, 0.6) is 0 Å². The van der Waals surface area contributed by atoms with Gasteiger partial charge in [0.1, 0.15) is 0 Å². The number of hydrogen-bond donors (Lipinski definition) is 1. The van der Waals surface area contributed by atoms with E-state index in [0.717, 1.165) is 5.69 Å². The van der Waals surface area contributed by atoms with Crippen LogP contribution in [-0.2, 0) is 6.54 Å². The highest BCUT2D eigenvalue weighted by atomic mass is 19.1. The van der Waals surface area contributed by atoms with E-state index in [9.17, 15) is 4.39 Å². The van der Waals surface area contributed by atoms with Crippen molar-refractivity contribution in [3.05, 3.63) is 42.1 Å². The maximum atomic E-state index is 13.8. The molecule has 100 valence electrons. The highest BCUT2D eigenvalue weighted by molar-refractivity contribution is 5.43. The summed E-state index contributed by atoms with van der Waals surface area (Å²) in [5.41, 5.74) is 0.869. The highest BCUT2D eigenvalue weighted by Crippen LogP contribution is 2.18. The zero-order chi connectivity index (χ0) is 13.7. The normalized spacial score (nSPS) is 10.3. The second-order valence-electron chi connectivity index (χ2n) is 3.95. The summed E-state index contributed by atoms with van der Waals surface area (Å²) in [6.45, 7) is 3.09. The zero-order valence-electron chi connectivity index (χ0n) is 11.0. The molecule has 0 bridgehead atoms. The molecule has 0 fully saturated rings. The van der Waals surface area contributed by atoms with Crippen LogP contribution in [-0.4, -0.2) is 28.5 Å². The molecule has 0 aliphatic rings. The Morgan fingerprint density at radius 2 is 2.16 bits per heavy atom. The van der Waals surface area contributed by atoms with Crippen molar-refractivity contribution in [1.82, 2.24) is 15.0 Å². The van der Waals surface area contributed by atoms with Crippen molar-refractivity contribution in [2.75, 3.05) is 23.8 Å². The van der Waals surface area contributed by atoms with Gasteiger partial charge in [-0.3, -0.25) is 4.98 Å². The lowest BCUT2D eigenvalue weighted by Crippen LogP contribution is -2.25. The van der Waals surface area contributed by atoms with Crippen LogP contribution in [0.3, 0.4) is 0 Å². The summed E-state index contributed by atoms with van der Waals surface area (Å²) in [5.74, 6) is 0.250. The summed E-state index contributed by atoms with van der Waals surface area (Å²) in [4.78, 5) is 14.1. The van der Waals surface area contributed by atoms with Gasteiger partial charge in [-0.05, 0) is 19.1 Å². The van der Waals surface area contributed by atoms with Crippen molar-refractivity contribution in [1.29, 1.82) is 0 Å². The van der Waals surface area contributed by atoms with Gasteiger partial charge < -0.3 is 10.2 Å². The van der Waals surface area contributed by atoms with E-state index in [0.29, 0.717) is 19.0 Å². The molecule has 0 saturated heterocycles. The lowest BCUT2D eigenvalue weighted by atomic mass is 10.3. The van der Waals surface area contributed by atoms with Crippen molar-refractivity contribution < 1.29 is 4.39 Å². The predicted molar refractivity (Wildman–Crippen MR) is 72.5 cm³/mol. The molecule has 2 aromatic rings. The lowest BCUT2D eigenvalue weighted by Gasteiger charge is -2.22. The first-order valence-corrected chi connectivity index (χ1v) is 6.09. The Kier molecular flexibility index (Phi) is 4.22.